The third-order valence-corrected chi connectivity index (χ3v) is 2.11. The summed E-state index contributed by atoms with van der Waals surface area (Å²) in [5, 5.41) is 0. The van der Waals surface area contributed by atoms with Crippen molar-refractivity contribution in [2.75, 3.05) is 13.9 Å². The van der Waals surface area contributed by atoms with E-state index in [1.807, 2.05) is 0 Å². The van der Waals surface area contributed by atoms with Gasteiger partial charge in [-0.25, -0.2) is 9.18 Å². The lowest BCUT2D eigenvalue weighted by Gasteiger charge is -2.28. The van der Waals surface area contributed by atoms with Crippen LogP contribution < -0.4 is 5.73 Å². The van der Waals surface area contributed by atoms with Gasteiger partial charge in [0.25, 0.3) is 0 Å². The monoisotopic (exact) mass is 243 g/mol. The van der Waals surface area contributed by atoms with Gasteiger partial charge in [0.15, 0.2) is 6.79 Å². The van der Waals surface area contributed by atoms with Gasteiger partial charge in [-0.2, -0.15) is 0 Å². The molecule has 1 aromatic carbocycles. The Morgan fingerprint density at radius 2 is 2.12 bits per heavy atom. The van der Waals surface area contributed by atoms with Crippen molar-refractivity contribution in [2.45, 2.75) is 12.7 Å². The standard InChI is InChI=1S/C11H14FNO4/c1-11(16-7-15-2,17-10(13)14)8-5-3-4-6-9(8)12/h3-6H,7H2,1-2H3,(H2,13,14). The number of carbonyl (C=O) groups is 1. The Bertz CT molecular complexity index is 399. The summed E-state index contributed by atoms with van der Waals surface area (Å²) >= 11 is 0. The molecule has 0 aliphatic carbocycles. The van der Waals surface area contributed by atoms with E-state index in [-0.39, 0.29) is 12.4 Å². The number of halogens is 1. The Morgan fingerprint density at radius 1 is 1.47 bits per heavy atom. The van der Waals surface area contributed by atoms with Crippen molar-refractivity contribution >= 4 is 6.09 Å². The third-order valence-electron chi connectivity index (χ3n) is 2.11. The first kappa shape index (κ1) is 13.4. The lowest BCUT2D eigenvalue weighted by molar-refractivity contribution is -0.238. The van der Waals surface area contributed by atoms with Crippen molar-refractivity contribution in [1.82, 2.24) is 0 Å². The average molecular weight is 243 g/mol. The highest BCUT2D eigenvalue weighted by Gasteiger charge is 2.34. The molecule has 0 radical (unpaired) electrons. The van der Waals surface area contributed by atoms with Gasteiger partial charge in [-0.1, -0.05) is 12.1 Å². The topological polar surface area (TPSA) is 70.8 Å². The van der Waals surface area contributed by atoms with Gasteiger partial charge < -0.3 is 19.9 Å². The molecule has 0 bridgehead atoms. The number of hydrogen-bond donors (Lipinski definition) is 1. The van der Waals surface area contributed by atoms with Crippen LogP contribution in [0.4, 0.5) is 9.18 Å². The number of amides is 1. The van der Waals surface area contributed by atoms with Gasteiger partial charge in [-0.05, 0) is 12.1 Å². The van der Waals surface area contributed by atoms with E-state index in [0.717, 1.165) is 0 Å². The van der Waals surface area contributed by atoms with Gasteiger partial charge in [0.1, 0.15) is 5.82 Å². The van der Waals surface area contributed by atoms with Crippen LogP contribution in [0.15, 0.2) is 24.3 Å². The Kier molecular flexibility index (Phi) is 4.42. The fraction of sp³-hybridized carbons (Fsp3) is 0.364. The van der Waals surface area contributed by atoms with Crippen LogP contribution in [0, 0.1) is 5.82 Å². The maximum absolute atomic E-state index is 13.6. The van der Waals surface area contributed by atoms with Gasteiger partial charge in [0.2, 0.25) is 5.79 Å². The molecule has 0 aliphatic rings. The number of carbonyl (C=O) groups excluding carboxylic acids is 1. The summed E-state index contributed by atoms with van der Waals surface area (Å²) in [4.78, 5) is 10.8. The summed E-state index contributed by atoms with van der Waals surface area (Å²) in [6, 6.07) is 5.78. The molecule has 0 spiro atoms. The Balaban J connectivity index is 3.04. The zero-order valence-corrected chi connectivity index (χ0v) is 9.60. The highest BCUT2D eigenvalue weighted by molar-refractivity contribution is 5.65. The fourth-order valence-corrected chi connectivity index (χ4v) is 1.36. The molecule has 0 saturated carbocycles. The first-order valence-electron chi connectivity index (χ1n) is 4.86. The second kappa shape index (κ2) is 5.60. The maximum atomic E-state index is 13.6. The summed E-state index contributed by atoms with van der Waals surface area (Å²) in [7, 11) is 1.39. The lowest BCUT2D eigenvalue weighted by atomic mass is 10.1. The summed E-state index contributed by atoms with van der Waals surface area (Å²) in [6.45, 7) is 1.22. The Morgan fingerprint density at radius 3 is 2.65 bits per heavy atom. The molecule has 0 heterocycles. The summed E-state index contributed by atoms with van der Waals surface area (Å²) < 4.78 is 28.3. The van der Waals surface area contributed by atoms with Crippen LogP contribution in [-0.2, 0) is 20.0 Å². The van der Waals surface area contributed by atoms with Crippen LogP contribution in [-0.4, -0.2) is 20.0 Å². The number of hydrogen-bond acceptors (Lipinski definition) is 4. The molecule has 0 aliphatic heterocycles. The summed E-state index contributed by atoms with van der Waals surface area (Å²) in [5.74, 6) is -2.18. The van der Waals surface area contributed by atoms with Crippen molar-refractivity contribution in [3.63, 3.8) is 0 Å². The van der Waals surface area contributed by atoms with Gasteiger partial charge in [0, 0.05) is 14.0 Å². The van der Waals surface area contributed by atoms with Crippen molar-refractivity contribution in [1.29, 1.82) is 0 Å². The molecule has 6 heteroatoms. The van der Waals surface area contributed by atoms with E-state index in [9.17, 15) is 9.18 Å². The molecule has 5 nitrogen and oxygen atoms in total. The van der Waals surface area contributed by atoms with Crippen LogP contribution in [0.5, 0.6) is 0 Å². The van der Waals surface area contributed by atoms with Gasteiger partial charge in [-0.3, -0.25) is 0 Å². The first-order valence-corrected chi connectivity index (χ1v) is 4.86. The number of ether oxygens (including phenoxy) is 3. The highest BCUT2D eigenvalue weighted by atomic mass is 19.1. The number of primary amides is 1. The van der Waals surface area contributed by atoms with Gasteiger partial charge >= 0.3 is 6.09 Å². The molecular formula is C11H14FNO4. The van der Waals surface area contributed by atoms with Gasteiger partial charge in [0.05, 0.1) is 5.56 Å². The first-order chi connectivity index (χ1) is 7.99. The summed E-state index contributed by atoms with van der Waals surface area (Å²) in [6.07, 6.45) is -1.06. The molecule has 1 rings (SSSR count). The van der Waals surface area contributed by atoms with Crippen molar-refractivity contribution < 1.29 is 23.4 Å². The molecule has 1 unspecified atom stereocenters. The smallest absolute Gasteiger partial charge is 0.407 e. The number of methoxy groups -OCH3 is 1. The predicted molar refractivity (Wildman–Crippen MR) is 57.4 cm³/mol. The van der Waals surface area contributed by atoms with E-state index in [2.05, 4.69) is 0 Å². The van der Waals surface area contributed by atoms with E-state index in [4.69, 9.17) is 19.9 Å². The molecule has 1 aromatic rings. The lowest BCUT2D eigenvalue weighted by Crippen LogP contribution is -2.36. The second-order valence-corrected chi connectivity index (χ2v) is 3.40. The van der Waals surface area contributed by atoms with Crippen molar-refractivity contribution in [2.24, 2.45) is 5.73 Å². The largest absolute Gasteiger partial charge is 0.413 e. The highest BCUT2D eigenvalue weighted by Crippen LogP contribution is 2.28. The molecule has 0 fully saturated rings. The average Bonchev–Trinajstić information content (AvgIpc) is 2.26. The van der Waals surface area contributed by atoms with Crippen LogP contribution in [0.25, 0.3) is 0 Å². The fourth-order valence-electron chi connectivity index (χ4n) is 1.36. The minimum absolute atomic E-state index is 0.0656. The Labute approximate surface area is 98.3 Å². The summed E-state index contributed by atoms with van der Waals surface area (Å²) in [5.41, 5.74) is 5.00. The normalized spacial score (nSPS) is 14.1. The van der Waals surface area contributed by atoms with E-state index in [1.54, 1.807) is 6.07 Å². The number of rotatable bonds is 5. The van der Waals surface area contributed by atoms with E-state index in [0.29, 0.717) is 0 Å². The molecule has 94 valence electrons. The molecule has 2 N–H and O–H groups in total. The zero-order chi connectivity index (χ0) is 12.9. The number of nitrogens with two attached hydrogens (primary N) is 1. The van der Waals surface area contributed by atoms with Gasteiger partial charge in [-0.15, -0.1) is 0 Å². The molecular weight excluding hydrogens is 229 g/mol. The van der Waals surface area contributed by atoms with Crippen LogP contribution in [0.1, 0.15) is 12.5 Å². The molecule has 1 atom stereocenters. The molecule has 0 saturated heterocycles. The van der Waals surface area contributed by atoms with Crippen LogP contribution in [0.3, 0.4) is 0 Å². The molecule has 0 aromatic heterocycles. The minimum atomic E-state index is -1.62. The molecule has 17 heavy (non-hydrogen) atoms. The van der Waals surface area contributed by atoms with E-state index < -0.39 is 17.7 Å². The number of benzene rings is 1. The van der Waals surface area contributed by atoms with E-state index in [1.165, 1.54) is 32.2 Å². The zero-order valence-electron chi connectivity index (χ0n) is 9.60. The van der Waals surface area contributed by atoms with Crippen molar-refractivity contribution in [3.8, 4) is 0 Å². The predicted octanol–water partition coefficient (Wildman–Crippen LogP) is 1.71. The second-order valence-electron chi connectivity index (χ2n) is 3.40. The minimum Gasteiger partial charge on any atom is -0.413 e. The van der Waals surface area contributed by atoms with Crippen LogP contribution in [0.2, 0.25) is 0 Å². The third kappa shape index (κ3) is 3.40. The van der Waals surface area contributed by atoms with E-state index >= 15 is 0 Å². The quantitative estimate of drug-likeness (QED) is 0.799. The maximum Gasteiger partial charge on any atom is 0.407 e. The SMILES string of the molecule is COCOC(C)(OC(N)=O)c1ccccc1F. The van der Waals surface area contributed by atoms with Crippen LogP contribution >= 0.6 is 0 Å². The Hall–Kier alpha value is -1.66. The molecule has 1 amide bonds. The van der Waals surface area contributed by atoms with Crippen molar-refractivity contribution in [3.05, 3.63) is 35.6 Å².